The second-order valence-corrected chi connectivity index (χ2v) is 6.63. The van der Waals surface area contributed by atoms with E-state index in [1.807, 2.05) is 31.2 Å². The van der Waals surface area contributed by atoms with Gasteiger partial charge in [0.1, 0.15) is 6.54 Å². The molecule has 0 radical (unpaired) electrons. The molecule has 0 unspecified atom stereocenters. The van der Waals surface area contributed by atoms with Gasteiger partial charge >= 0.3 is 0 Å². The van der Waals surface area contributed by atoms with E-state index >= 15 is 0 Å². The number of carbonyl (C=O) groups is 1. The number of hydrogen-bond acceptors (Lipinski definition) is 5. The number of pyridine rings is 1. The maximum Gasteiger partial charge on any atom is 0.244 e. The van der Waals surface area contributed by atoms with Crippen LogP contribution in [0.15, 0.2) is 41.3 Å². The first-order valence-electron chi connectivity index (χ1n) is 8.99. The van der Waals surface area contributed by atoms with Gasteiger partial charge in [0.05, 0.1) is 26.5 Å². The topological polar surface area (TPSA) is 72.8 Å². The third kappa shape index (κ3) is 5.18. The molecule has 0 bridgehead atoms. The van der Waals surface area contributed by atoms with Crippen molar-refractivity contribution in [2.75, 3.05) is 38.7 Å². The minimum Gasteiger partial charge on any atom is -0.491 e. The van der Waals surface area contributed by atoms with E-state index in [0.29, 0.717) is 19.8 Å². The molecule has 7 heteroatoms. The lowest BCUT2D eigenvalue weighted by Gasteiger charge is -2.27. The molecule has 0 spiro atoms. The fourth-order valence-electron chi connectivity index (χ4n) is 3.01. The van der Waals surface area contributed by atoms with E-state index in [0.717, 1.165) is 30.0 Å². The van der Waals surface area contributed by atoms with Crippen LogP contribution < -0.4 is 15.5 Å². The highest BCUT2D eigenvalue weighted by atomic mass is 16.5. The summed E-state index contributed by atoms with van der Waals surface area (Å²) in [6.07, 6.45) is 1.60. The van der Waals surface area contributed by atoms with Crippen LogP contribution in [0.4, 0.5) is 5.69 Å². The molecule has 1 aromatic heterocycles. The lowest BCUT2D eigenvalue weighted by molar-refractivity contribution is -0.116. The first-order valence-corrected chi connectivity index (χ1v) is 8.99. The molecule has 1 N–H and O–H groups in total. The van der Waals surface area contributed by atoms with Gasteiger partial charge in [-0.2, -0.15) is 0 Å². The largest absolute Gasteiger partial charge is 0.491 e. The highest BCUT2D eigenvalue weighted by Crippen LogP contribution is 2.12. The zero-order valence-corrected chi connectivity index (χ0v) is 15.7. The number of aromatic nitrogens is 1. The summed E-state index contributed by atoms with van der Waals surface area (Å²) >= 11 is 0. The Morgan fingerprint density at radius 3 is 2.59 bits per heavy atom. The number of amides is 1. The Kier molecular flexibility index (Phi) is 6.26. The van der Waals surface area contributed by atoms with E-state index < -0.39 is 0 Å². The van der Waals surface area contributed by atoms with Crippen LogP contribution in [0.25, 0.3) is 0 Å². The van der Waals surface area contributed by atoms with Gasteiger partial charge in [0.15, 0.2) is 5.75 Å². The summed E-state index contributed by atoms with van der Waals surface area (Å²) in [5, 5.41) is 2.89. The molecule has 0 atom stereocenters. The summed E-state index contributed by atoms with van der Waals surface area (Å²) in [5.41, 5.74) is 2.47. The molecule has 0 aliphatic carbocycles. The van der Waals surface area contributed by atoms with Crippen molar-refractivity contribution in [1.82, 2.24) is 9.47 Å². The van der Waals surface area contributed by atoms with Gasteiger partial charge in [-0.05, 0) is 19.1 Å². The van der Waals surface area contributed by atoms with E-state index in [-0.39, 0.29) is 23.6 Å². The summed E-state index contributed by atoms with van der Waals surface area (Å²) in [6, 6.07) is 9.18. The molecule has 0 saturated carbocycles. The second kappa shape index (κ2) is 8.83. The summed E-state index contributed by atoms with van der Waals surface area (Å²) in [7, 11) is 1.45. The zero-order valence-electron chi connectivity index (χ0n) is 15.7. The number of anilines is 1. The molecule has 1 saturated heterocycles. The number of morpholine rings is 1. The Hall–Kier alpha value is -2.64. The molecule has 1 amide bonds. The van der Waals surface area contributed by atoms with Gasteiger partial charge in [-0.1, -0.05) is 17.7 Å². The number of rotatable bonds is 6. The highest BCUT2D eigenvalue weighted by molar-refractivity contribution is 5.90. The molecule has 1 aromatic carbocycles. The van der Waals surface area contributed by atoms with Crippen LogP contribution in [0.1, 0.15) is 11.3 Å². The third-order valence-corrected chi connectivity index (χ3v) is 4.54. The monoisotopic (exact) mass is 371 g/mol. The number of methoxy groups -OCH3 is 1. The van der Waals surface area contributed by atoms with Crippen LogP contribution in [0.5, 0.6) is 5.75 Å². The molecule has 1 aliphatic heterocycles. The Morgan fingerprint density at radius 1 is 1.22 bits per heavy atom. The minimum atomic E-state index is -0.184. The normalized spacial score (nSPS) is 14.7. The van der Waals surface area contributed by atoms with Crippen LogP contribution in [0, 0.1) is 6.92 Å². The molecule has 1 aliphatic rings. The first-order chi connectivity index (χ1) is 13.0. The van der Waals surface area contributed by atoms with Gasteiger partial charge in [0.2, 0.25) is 11.3 Å². The van der Waals surface area contributed by atoms with Gasteiger partial charge < -0.3 is 19.4 Å². The maximum absolute atomic E-state index is 12.5. The lowest BCUT2D eigenvalue weighted by Crippen LogP contribution is -2.37. The molecule has 1 fully saturated rings. The molecular weight excluding hydrogens is 346 g/mol. The fourth-order valence-corrected chi connectivity index (χ4v) is 3.01. The van der Waals surface area contributed by atoms with Crippen molar-refractivity contribution in [1.29, 1.82) is 0 Å². The summed E-state index contributed by atoms with van der Waals surface area (Å²) in [6.45, 7) is 5.63. The highest BCUT2D eigenvalue weighted by Gasteiger charge is 2.16. The van der Waals surface area contributed by atoms with Crippen molar-refractivity contribution in [3.63, 3.8) is 0 Å². The van der Waals surface area contributed by atoms with Gasteiger partial charge in [-0.25, -0.2) is 0 Å². The zero-order chi connectivity index (χ0) is 19.2. The lowest BCUT2D eigenvalue weighted by atomic mass is 10.2. The molecule has 27 heavy (non-hydrogen) atoms. The van der Waals surface area contributed by atoms with Crippen LogP contribution in [0.2, 0.25) is 0 Å². The summed E-state index contributed by atoms with van der Waals surface area (Å²) in [4.78, 5) is 26.9. The Balaban J connectivity index is 1.77. The average molecular weight is 371 g/mol. The average Bonchev–Trinajstić information content (AvgIpc) is 2.66. The molecule has 7 nitrogen and oxygen atoms in total. The number of hydrogen-bond donors (Lipinski definition) is 1. The third-order valence-electron chi connectivity index (χ3n) is 4.54. The molecule has 144 valence electrons. The van der Waals surface area contributed by atoms with Gasteiger partial charge in [-0.15, -0.1) is 0 Å². The maximum atomic E-state index is 12.5. The summed E-state index contributed by atoms with van der Waals surface area (Å²) in [5.74, 6) is 0.0663. The number of benzene rings is 1. The van der Waals surface area contributed by atoms with Gasteiger partial charge in [0, 0.05) is 37.1 Å². The van der Waals surface area contributed by atoms with Crippen molar-refractivity contribution < 1.29 is 14.3 Å². The number of aryl methyl sites for hydroxylation is 1. The van der Waals surface area contributed by atoms with Crippen LogP contribution >= 0.6 is 0 Å². The van der Waals surface area contributed by atoms with E-state index in [9.17, 15) is 9.59 Å². The molecular formula is C20H25N3O4. The van der Waals surface area contributed by atoms with E-state index in [1.54, 1.807) is 16.8 Å². The Labute approximate surface area is 158 Å². The van der Waals surface area contributed by atoms with E-state index in [1.165, 1.54) is 7.11 Å². The van der Waals surface area contributed by atoms with E-state index in [2.05, 4.69) is 10.2 Å². The van der Waals surface area contributed by atoms with E-state index in [4.69, 9.17) is 9.47 Å². The van der Waals surface area contributed by atoms with Crippen LogP contribution in [-0.4, -0.2) is 48.8 Å². The Bertz CT molecular complexity index is 839. The predicted octanol–water partition coefficient (Wildman–Crippen LogP) is 1.64. The predicted molar refractivity (Wildman–Crippen MR) is 103 cm³/mol. The number of nitrogens with zero attached hydrogens (tertiary/aromatic N) is 2. The first kappa shape index (κ1) is 19.1. The smallest absolute Gasteiger partial charge is 0.244 e. The minimum absolute atomic E-state index is 0.101. The Morgan fingerprint density at radius 2 is 1.93 bits per heavy atom. The van der Waals surface area contributed by atoms with Crippen molar-refractivity contribution in [3.05, 3.63) is 58.0 Å². The fraction of sp³-hybridized carbons (Fsp3) is 0.400. The van der Waals surface area contributed by atoms with Crippen LogP contribution in [-0.2, 0) is 22.6 Å². The van der Waals surface area contributed by atoms with Gasteiger partial charge in [-0.3, -0.25) is 14.5 Å². The van der Waals surface area contributed by atoms with Crippen molar-refractivity contribution in [3.8, 4) is 5.75 Å². The number of nitrogens with one attached hydrogen (secondary N) is 1. The SMILES string of the molecule is COc1cn(CC(=O)Nc2ccc(C)cc2)c(CN2CCOCC2)cc1=O. The standard InChI is InChI=1S/C20H25N3O4/c1-15-3-5-16(6-4-15)21-20(25)14-23-13-19(26-2)18(24)11-17(23)12-22-7-9-27-10-8-22/h3-6,11,13H,7-10,12,14H2,1-2H3,(H,21,25). The molecule has 2 heterocycles. The van der Waals surface area contributed by atoms with Crippen molar-refractivity contribution in [2.24, 2.45) is 0 Å². The second-order valence-electron chi connectivity index (χ2n) is 6.63. The summed E-state index contributed by atoms with van der Waals surface area (Å²) < 4.78 is 12.3. The number of ether oxygens (including phenoxy) is 2. The molecule has 3 rings (SSSR count). The quantitative estimate of drug-likeness (QED) is 0.836. The van der Waals surface area contributed by atoms with Crippen molar-refractivity contribution >= 4 is 11.6 Å². The number of carbonyl (C=O) groups excluding carboxylic acids is 1. The van der Waals surface area contributed by atoms with Crippen LogP contribution in [0.3, 0.4) is 0 Å². The van der Waals surface area contributed by atoms with Crippen molar-refractivity contribution in [2.45, 2.75) is 20.0 Å². The molecule has 2 aromatic rings. The van der Waals surface area contributed by atoms with Gasteiger partial charge in [0.25, 0.3) is 0 Å².